The lowest BCUT2D eigenvalue weighted by Crippen LogP contribution is -2.40. The number of hydrogen-bond acceptors (Lipinski definition) is 10. The number of nitrogens with one attached hydrogen (secondary N) is 4. The van der Waals surface area contributed by atoms with Crippen molar-refractivity contribution in [1.82, 2.24) is 40.8 Å². The SMILES string of the molecule is CCCCNC(=O)C[C@H](CC(C)C)NC(=O)c1cc(-c2c(OC)cccc2OCc2ccccc2)n(C2CCCCC2)n1.COc1cccc(OCc2ccccc2)c1-c1cc(C(=O)N[C@H](CC(=O)NCc2ccccc2)CC(C)C)nn1CC1CCCCC1. The van der Waals surface area contributed by atoms with E-state index in [0.29, 0.717) is 97.8 Å². The fourth-order valence-electron chi connectivity index (χ4n) is 12.2. The molecule has 16 heteroatoms. The van der Waals surface area contributed by atoms with Crippen LogP contribution in [0.15, 0.2) is 140 Å². The molecule has 9 rings (SSSR count). The van der Waals surface area contributed by atoms with E-state index in [1.807, 2.05) is 149 Å². The standard InChI is InChI=1S/C39H48N4O4.C35H48N4O4/c1-28(2)22-32(23-37(44)40-25-29-14-7-4-8-15-29)41-39(45)33-24-34(43(42-33)26-30-16-9-5-10-17-30)38-35(46-3)20-13-21-36(38)47-27-31-18-11-6-12-19-31;1-5-6-20-36-33(40)22-27(21-25(2)3)37-35(41)29-23-30(39(38-29)28-16-11-8-12-17-28)34-31(42-4)18-13-19-32(34)43-24-26-14-9-7-10-15-26/h4,6-8,11-15,18-21,24,28,30,32H,5,9-10,16-17,22-23,25-27H2,1-3H3,(H,40,44)(H,41,45);7,9-10,13-15,18-19,23,25,27-28H,5-6,8,11-12,16-17,20-22,24H2,1-4H3,(H,36,40)(H,37,41)/t32-;27-/m00/s1. The molecule has 2 atom stereocenters. The van der Waals surface area contributed by atoms with E-state index in [9.17, 15) is 19.2 Å². The highest BCUT2D eigenvalue weighted by Gasteiger charge is 2.30. The van der Waals surface area contributed by atoms with Crippen LogP contribution in [0, 0.1) is 17.8 Å². The summed E-state index contributed by atoms with van der Waals surface area (Å²) in [5, 5.41) is 22.1. The van der Waals surface area contributed by atoms with Crippen molar-refractivity contribution in [2.45, 2.75) is 182 Å². The molecule has 7 aromatic rings. The molecule has 2 heterocycles. The van der Waals surface area contributed by atoms with Crippen LogP contribution < -0.4 is 40.2 Å². The number of hydrogen-bond donors (Lipinski definition) is 4. The molecular weight excluding hydrogens is 1130 g/mol. The lowest BCUT2D eigenvalue weighted by Gasteiger charge is -2.25. The highest BCUT2D eigenvalue weighted by molar-refractivity contribution is 5.95. The minimum absolute atomic E-state index is 0.0398. The lowest BCUT2D eigenvalue weighted by atomic mass is 9.89. The quantitative estimate of drug-likeness (QED) is 0.0315. The van der Waals surface area contributed by atoms with E-state index in [0.717, 1.165) is 90.6 Å². The Kier molecular flexibility index (Phi) is 26.3. The Morgan fingerprint density at radius 1 is 0.533 bits per heavy atom. The summed E-state index contributed by atoms with van der Waals surface area (Å²) < 4.78 is 28.4. The Labute approximate surface area is 533 Å². The van der Waals surface area contributed by atoms with Crippen molar-refractivity contribution < 1.29 is 38.1 Å². The van der Waals surface area contributed by atoms with Gasteiger partial charge in [-0.2, -0.15) is 10.2 Å². The van der Waals surface area contributed by atoms with Crippen molar-refractivity contribution in [3.05, 3.63) is 168 Å². The maximum absolute atomic E-state index is 13.9. The Balaban J connectivity index is 0.000000233. The third-order valence-electron chi connectivity index (χ3n) is 16.7. The van der Waals surface area contributed by atoms with Crippen molar-refractivity contribution in [2.75, 3.05) is 20.8 Å². The molecule has 0 radical (unpaired) electrons. The van der Waals surface area contributed by atoms with Gasteiger partial charge in [0.15, 0.2) is 11.4 Å². The van der Waals surface area contributed by atoms with Crippen LogP contribution in [0.2, 0.25) is 0 Å². The first-order chi connectivity index (χ1) is 43.8. The van der Waals surface area contributed by atoms with Gasteiger partial charge in [-0.05, 0) is 116 Å². The van der Waals surface area contributed by atoms with Gasteiger partial charge in [0, 0.05) is 44.6 Å². The normalized spacial score (nSPS) is 14.2. The molecule has 0 saturated heterocycles. The van der Waals surface area contributed by atoms with E-state index >= 15 is 0 Å². The number of benzene rings is 5. The molecular formula is C74H96N8O8. The molecule has 4 N–H and O–H groups in total. The number of rotatable bonds is 30. The molecule has 0 aliphatic heterocycles. The van der Waals surface area contributed by atoms with Crippen molar-refractivity contribution in [1.29, 1.82) is 0 Å². The molecule has 2 fully saturated rings. The Morgan fingerprint density at radius 2 is 0.989 bits per heavy atom. The number of nitrogens with zero attached hydrogens (tertiary/aromatic N) is 4. The van der Waals surface area contributed by atoms with Crippen LogP contribution in [0.1, 0.15) is 181 Å². The summed E-state index contributed by atoms with van der Waals surface area (Å²) in [5.74, 6) is 3.04. The molecule has 4 amide bonds. The number of carbonyl (C=O) groups excluding carboxylic acids is 4. The van der Waals surface area contributed by atoms with Gasteiger partial charge in [-0.25, -0.2) is 0 Å². The number of unbranched alkanes of at least 4 members (excludes halogenated alkanes) is 1. The first-order valence-corrected chi connectivity index (χ1v) is 32.8. The summed E-state index contributed by atoms with van der Waals surface area (Å²) >= 11 is 0. The van der Waals surface area contributed by atoms with Gasteiger partial charge in [0.2, 0.25) is 11.8 Å². The molecule has 480 valence electrons. The number of methoxy groups -OCH3 is 2. The number of ether oxygens (including phenoxy) is 4. The first-order valence-electron chi connectivity index (χ1n) is 32.8. The highest BCUT2D eigenvalue weighted by Crippen LogP contribution is 2.43. The third-order valence-corrected chi connectivity index (χ3v) is 16.7. The molecule has 5 aromatic carbocycles. The first kappa shape index (κ1) is 67.5. The fourth-order valence-corrected chi connectivity index (χ4v) is 12.2. The molecule has 2 aromatic heterocycles. The zero-order valence-corrected chi connectivity index (χ0v) is 54.1. The molecule has 0 unspecified atom stereocenters. The average Bonchev–Trinajstić information content (AvgIpc) is 2.46. The Morgan fingerprint density at radius 3 is 1.49 bits per heavy atom. The van der Waals surface area contributed by atoms with Crippen LogP contribution in [-0.4, -0.2) is 76.0 Å². The number of amides is 4. The van der Waals surface area contributed by atoms with Crippen LogP contribution in [0.25, 0.3) is 22.5 Å². The Hall–Kier alpha value is -8.40. The maximum Gasteiger partial charge on any atom is 0.272 e. The van der Waals surface area contributed by atoms with Gasteiger partial charge in [0.05, 0.1) is 42.8 Å². The fraction of sp³-hybridized carbons (Fsp3) is 0.459. The van der Waals surface area contributed by atoms with Crippen molar-refractivity contribution >= 4 is 23.6 Å². The largest absolute Gasteiger partial charge is 0.496 e. The number of aromatic nitrogens is 4. The second-order valence-corrected chi connectivity index (χ2v) is 24.9. The molecule has 2 saturated carbocycles. The van der Waals surface area contributed by atoms with Gasteiger partial charge in [-0.1, -0.05) is 183 Å². The van der Waals surface area contributed by atoms with Crippen molar-refractivity contribution in [3.8, 4) is 45.5 Å². The zero-order valence-electron chi connectivity index (χ0n) is 54.1. The monoisotopic (exact) mass is 1220 g/mol. The van der Waals surface area contributed by atoms with Gasteiger partial charge in [-0.3, -0.25) is 28.5 Å². The lowest BCUT2D eigenvalue weighted by molar-refractivity contribution is -0.122. The van der Waals surface area contributed by atoms with Crippen molar-refractivity contribution in [3.63, 3.8) is 0 Å². The molecule has 2 aliphatic carbocycles. The van der Waals surface area contributed by atoms with Gasteiger partial charge < -0.3 is 40.2 Å². The second-order valence-electron chi connectivity index (χ2n) is 24.9. The molecule has 16 nitrogen and oxygen atoms in total. The van der Waals surface area contributed by atoms with Crippen molar-refractivity contribution in [2.24, 2.45) is 17.8 Å². The summed E-state index contributed by atoms with van der Waals surface area (Å²) in [6.45, 7) is 13.1. The van der Waals surface area contributed by atoms with Gasteiger partial charge in [0.1, 0.15) is 36.2 Å². The van der Waals surface area contributed by atoms with E-state index in [-0.39, 0.29) is 54.6 Å². The third kappa shape index (κ3) is 20.3. The zero-order chi connectivity index (χ0) is 63.6. The van der Waals surface area contributed by atoms with Crippen LogP contribution in [0.3, 0.4) is 0 Å². The average molecular weight is 1230 g/mol. The highest BCUT2D eigenvalue weighted by atomic mass is 16.5. The summed E-state index contributed by atoms with van der Waals surface area (Å²) in [5.41, 5.74) is 6.93. The summed E-state index contributed by atoms with van der Waals surface area (Å²) in [7, 11) is 3.30. The van der Waals surface area contributed by atoms with E-state index in [4.69, 9.17) is 29.1 Å². The topological polar surface area (TPSA) is 189 Å². The molecule has 2 aliphatic rings. The maximum atomic E-state index is 13.9. The number of carbonyl (C=O) groups is 4. The van der Waals surface area contributed by atoms with Crippen LogP contribution in [-0.2, 0) is 35.9 Å². The minimum atomic E-state index is -0.332. The Bertz CT molecular complexity index is 3330. The predicted octanol–water partition coefficient (Wildman–Crippen LogP) is 14.7. The summed E-state index contributed by atoms with van der Waals surface area (Å²) in [6, 6.07) is 44.7. The van der Waals surface area contributed by atoms with Crippen LogP contribution >= 0.6 is 0 Å². The predicted molar refractivity (Wildman–Crippen MR) is 356 cm³/mol. The smallest absolute Gasteiger partial charge is 0.272 e. The van der Waals surface area contributed by atoms with Gasteiger partial charge >= 0.3 is 0 Å². The van der Waals surface area contributed by atoms with E-state index in [2.05, 4.69) is 55.9 Å². The molecule has 90 heavy (non-hydrogen) atoms. The van der Waals surface area contributed by atoms with E-state index in [1.54, 1.807) is 14.2 Å². The molecule has 0 bridgehead atoms. The van der Waals surface area contributed by atoms with Gasteiger partial charge in [0.25, 0.3) is 11.8 Å². The van der Waals surface area contributed by atoms with Crippen LogP contribution in [0.4, 0.5) is 0 Å². The van der Waals surface area contributed by atoms with E-state index in [1.165, 1.54) is 25.7 Å². The summed E-state index contributed by atoms with van der Waals surface area (Å²) in [6.07, 6.45) is 15.2. The minimum Gasteiger partial charge on any atom is -0.496 e. The van der Waals surface area contributed by atoms with E-state index < -0.39 is 0 Å². The van der Waals surface area contributed by atoms with Crippen LogP contribution in [0.5, 0.6) is 23.0 Å². The second kappa shape index (κ2) is 35.1. The van der Waals surface area contributed by atoms with Gasteiger partial charge in [-0.15, -0.1) is 0 Å². The molecule has 0 spiro atoms. The summed E-state index contributed by atoms with van der Waals surface area (Å²) in [4.78, 5) is 53.2.